The van der Waals surface area contributed by atoms with Crippen molar-refractivity contribution < 1.29 is 4.79 Å². The fourth-order valence-electron chi connectivity index (χ4n) is 3.24. The summed E-state index contributed by atoms with van der Waals surface area (Å²) in [7, 11) is 0. The highest BCUT2D eigenvalue weighted by molar-refractivity contribution is 5.94. The van der Waals surface area contributed by atoms with E-state index in [9.17, 15) is 4.79 Å². The minimum Gasteiger partial charge on any atom is -0.353 e. The van der Waals surface area contributed by atoms with Gasteiger partial charge in [-0.2, -0.15) is 0 Å². The van der Waals surface area contributed by atoms with Crippen LogP contribution in [-0.2, 0) is 0 Å². The van der Waals surface area contributed by atoms with Gasteiger partial charge in [0.15, 0.2) is 0 Å². The smallest absolute Gasteiger partial charge is 0.253 e. The third-order valence-electron chi connectivity index (χ3n) is 4.66. The van der Waals surface area contributed by atoms with Crippen molar-refractivity contribution >= 4 is 11.7 Å². The third-order valence-corrected chi connectivity index (χ3v) is 4.66. The minimum atomic E-state index is 0.101. The maximum atomic E-state index is 12.7. The molecule has 0 N–H and O–H groups in total. The van der Waals surface area contributed by atoms with Gasteiger partial charge in [0, 0.05) is 50.2 Å². The van der Waals surface area contributed by atoms with Crippen molar-refractivity contribution in [1.29, 1.82) is 0 Å². The van der Waals surface area contributed by atoms with Gasteiger partial charge in [-0.3, -0.25) is 4.79 Å². The molecule has 0 spiro atoms. The van der Waals surface area contributed by atoms with Crippen LogP contribution >= 0.6 is 0 Å². The topological polar surface area (TPSA) is 54.3 Å². The van der Waals surface area contributed by atoms with Gasteiger partial charge in [0.05, 0.1) is 0 Å². The van der Waals surface area contributed by atoms with Crippen molar-refractivity contribution in [2.45, 2.75) is 6.92 Å². The highest BCUT2D eigenvalue weighted by Crippen LogP contribution is 2.17. The molecule has 3 heterocycles. The Bertz CT molecular complexity index is 898. The van der Waals surface area contributed by atoms with E-state index in [1.165, 1.54) is 0 Å². The van der Waals surface area contributed by atoms with E-state index in [2.05, 4.69) is 14.9 Å². The minimum absolute atomic E-state index is 0.101. The van der Waals surface area contributed by atoms with Crippen molar-refractivity contribution in [3.63, 3.8) is 0 Å². The lowest BCUT2D eigenvalue weighted by atomic mass is 10.1. The number of hydrogen-bond acceptors (Lipinski definition) is 4. The van der Waals surface area contributed by atoms with Crippen molar-refractivity contribution in [3.05, 3.63) is 72.3 Å². The predicted molar refractivity (Wildman–Crippen MR) is 101 cm³/mol. The molecule has 1 aliphatic rings. The zero-order valence-electron chi connectivity index (χ0n) is 14.7. The Hall–Kier alpha value is -3.15. The normalized spacial score (nSPS) is 14.5. The molecule has 4 rings (SSSR count). The summed E-state index contributed by atoms with van der Waals surface area (Å²) in [6, 6.07) is 13.7. The molecule has 6 heteroatoms. The van der Waals surface area contributed by atoms with Crippen LogP contribution in [0.1, 0.15) is 15.9 Å². The summed E-state index contributed by atoms with van der Waals surface area (Å²) in [5.74, 6) is 1.84. The number of anilines is 1. The lowest BCUT2D eigenvalue weighted by Crippen LogP contribution is -2.49. The molecule has 2 aromatic heterocycles. The average molecular weight is 347 g/mol. The number of piperazine rings is 1. The highest BCUT2D eigenvalue weighted by atomic mass is 16.2. The second-order valence-corrected chi connectivity index (χ2v) is 6.47. The Balaban J connectivity index is 1.44. The van der Waals surface area contributed by atoms with Crippen LogP contribution in [-0.4, -0.2) is 51.5 Å². The van der Waals surface area contributed by atoms with E-state index in [0.29, 0.717) is 13.1 Å². The molecule has 1 amide bonds. The molecular formula is C20H21N5O. The molecule has 0 bridgehead atoms. The number of carbonyl (C=O) groups excluding carboxylic acids is 1. The lowest BCUT2D eigenvalue weighted by Gasteiger charge is -2.35. The van der Waals surface area contributed by atoms with E-state index < -0.39 is 0 Å². The number of aromatic nitrogens is 3. The number of benzene rings is 1. The quantitative estimate of drug-likeness (QED) is 0.731. The van der Waals surface area contributed by atoms with Crippen LogP contribution in [0.2, 0.25) is 0 Å². The number of rotatable bonds is 3. The molecule has 26 heavy (non-hydrogen) atoms. The Kier molecular flexibility index (Phi) is 4.39. The van der Waals surface area contributed by atoms with Crippen LogP contribution < -0.4 is 4.90 Å². The molecule has 1 aromatic carbocycles. The summed E-state index contributed by atoms with van der Waals surface area (Å²) in [5, 5.41) is 0. The molecule has 1 fully saturated rings. The number of carbonyl (C=O) groups is 1. The largest absolute Gasteiger partial charge is 0.353 e. The molecule has 0 saturated carbocycles. The van der Waals surface area contributed by atoms with Gasteiger partial charge in [0.25, 0.3) is 5.91 Å². The molecule has 3 aromatic rings. The predicted octanol–water partition coefficient (Wildman–Crippen LogP) is 2.54. The van der Waals surface area contributed by atoms with Crippen molar-refractivity contribution in [3.8, 4) is 5.82 Å². The van der Waals surface area contributed by atoms with E-state index in [1.807, 2.05) is 71.2 Å². The molecule has 0 unspecified atom stereocenters. The summed E-state index contributed by atoms with van der Waals surface area (Å²) >= 11 is 0. The number of hydrogen-bond donors (Lipinski definition) is 0. The number of nitrogens with zero attached hydrogens (tertiary/aromatic N) is 5. The van der Waals surface area contributed by atoms with Gasteiger partial charge in [0.1, 0.15) is 18.0 Å². The molecule has 1 saturated heterocycles. The summed E-state index contributed by atoms with van der Waals surface area (Å²) in [6.07, 6.45) is 5.52. The van der Waals surface area contributed by atoms with Crippen LogP contribution in [0.3, 0.4) is 0 Å². The van der Waals surface area contributed by atoms with Crippen molar-refractivity contribution in [1.82, 2.24) is 19.4 Å². The molecule has 132 valence electrons. The van der Waals surface area contributed by atoms with Crippen LogP contribution in [0, 0.1) is 6.92 Å². The highest BCUT2D eigenvalue weighted by Gasteiger charge is 2.23. The first kappa shape index (κ1) is 16.3. The summed E-state index contributed by atoms with van der Waals surface area (Å²) in [6.45, 7) is 4.91. The molecule has 0 radical (unpaired) electrons. The summed E-state index contributed by atoms with van der Waals surface area (Å²) in [5.41, 5.74) is 1.86. The first-order chi connectivity index (χ1) is 12.7. The van der Waals surface area contributed by atoms with E-state index in [-0.39, 0.29) is 5.91 Å². The Morgan fingerprint density at radius 1 is 0.923 bits per heavy atom. The van der Waals surface area contributed by atoms with Gasteiger partial charge in [0.2, 0.25) is 0 Å². The SMILES string of the molecule is Cc1cccc(C(=O)N2CCN(c3cc(-n4cccc4)ncn3)CC2)c1. The van der Waals surface area contributed by atoms with Crippen LogP contribution in [0.15, 0.2) is 61.2 Å². The molecule has 6 nitrogen and oxygen atoms in total. The fourth-order valence-corrected chi connectivity index (χ4v) is 3.24. The second kappa shape index (κ2) is 7.00. The van der Waals surface area contributed by atoms with Crippen molar-refractivity contribution in [2.75, 3.05) is 31.1 Å². The molecule has 0 atom stereocenters. The summed E-state index contributed by atoms with van der Waals surface area (Å²) < 4.78 is 1.96. The maximum Gasteiger partial charge on any atom is 0.253 e. The first-order valence-corrected chi connectivity index (χ1v) is 8.77. The van der Waals surface area contributed by atoms with Gasteiger partial charge in [-0.15, -0.1) is 0 Å². The first-order valence-electron chi connectivity index (χ1n) is 8.77. The zero-order chi connectivity index (χ0) is 17.9. The Morgan fingerprint density at radius 2 is 1.65 bits per heavy atom. The van der Waals surface area contributed by atoms with E-state index in [0.717, 1.165) is 35.9 Å². The second-order valence-electron chi connectivity index (χ2n) is 6.47. The molecule has 1 aliphatic heterocycles. The van der Waals surface area contributed by atoms with E-state index in [1.54, 1.807) is 6.33 Å². The standard InChI is InChI=1S/C20H21N5O/c1-16-5-4-6-17(13-16)20(26)25-11-9-24(10-12-25)19-14-18(21-15-22-19)23-7-2-3-8-23/h2-8,13-15H,9-12H2,1H3. The third kappa shape index (κ3) is 3.31. The zero-order valence-corrected chi connectivity index (χ0v) is 14.7. The van der Waals surface area contributed by atoms with Crippen LogP contribution in [0.5, 0.6) is 0 Å². The Morgan fingerprint density at radius 3 is 2.38 bits per heavy atom. The lowest BCUT2D eigenvalue weighted by molar-refractivity contribution is 0.0746. The number of amides is 1. The summed E-state index contributed by atoms with van der Waals surface area (Å²) in [4.78, 5) is 25.5. The molecular weight excluding hydrogens is 326 g/mol. The van der Waals surface area contributed by atoms with E-state index in [4.69, 9.17) is 0 Å². The average Bonchev–Trinajstić information content (AvgIpc) is 3.23. The van der Waals surface area contributed by atoms with Gasteiger partial charge < -0.3 is 14.4 Å². The monoisotopic (exact) mass is 347 g/mol. The van der Waals surface area contributed by atoms with Gasteiger partial charge >= 0.3 is 0 Å². The van der Waals surface area contributed by atoms with Gasteiger partial charge in [-0.25, -0.2) is 9.97 Å². The van der Waals surface area contributed by atoms with Crippen LogP contribution in [0.4, 0.5) is 5.82 Å². The van der Waals surface area contributed by atoms with E-state index >= 15 is 0 Å². The van der Waals surface area contributed by atoms with Crippen LogP contribution in [0.25, 0.3) is 5.82 Å². The van der Waals surface area contributed by atoms with Crippen molar-refractivity contribution in [2.24, 2.45) is 0 Å². The maximum absolute atomic E-state index is 12.7. The molecule has 0 aliphatic carbocycles. The Labute approximate surface area is 152 Å². The van der Waals surface area contributed by atoms with Gasteiger partial charge in [-0.05, 0) is 31.2 Å². The van der Waals surface area contributed by atoms with Gasteiger partial charge in [-0.1, -0.05) is 17.7 Å². The number of aryl methyl sites for hydroxylation is 1. The fraction of sp³-hybridized carbons (Fsp3) is 0.250.